The largest absolute Gasteiger partial charge is 0.485 e. The molecule has 2 N–H and O–H groups in total. The predicted octanol–water partition coefficient (Wildman–Crippen LogP) is 3.47. The first kappa shape index (κ1) is 15.6. The van der Waals surface area contributed by atoms with Gasteiger partial charge in [0.05, 0.1) is 6.04 Å². The van der Waals surface area contributed by atoms with Crippen LogP contribution in [0.25, 0.3) is 0 Å². The van der Waals surface area contributed by atoms with Crippen molar-refractivity contribution in [1.29, 1.82) is 0 Å². The van der Waals surface area contributed by atoms with Gasteiger partial charge in [0, 0.05) is 16.5 Å². The Labute approximate surface area is 142 Å². The number of ether oxygens (including phenoxy) is 1. The lowest BCUT2D eigenvalue weighted by Crippen LogP contribution is -2.39. The lowest BCUT2D eigenvalue weighted by atomic mass is 9.93. The number of urea groups is 1. The topological polar surface area (TPSA) is 67.4 Å². The third kappa shape index (κ3) is 3.53. The lowest BCUT2D eigenvalue weighted by molar-refractivity contribution is -0.108. The number of hydrogen-bond acceptors (Lipinski definition) is 3. The van der Waals surface area contributed by atoms with Crippen LogP contribution in [0.15, 0.2) is 53.0 Å². The fourth-order valence-corrected chi connectivity index (χ4v) is 3.08. The van der Waals surface area contributed by atoms with Crippen LogP contribution in [0.4, 0.5) is 4.79 Å². The first-order valence-electron chi connectivity index (χ1n) is 7.19. The Morgan fingerprint density at radius 3 is 2.74 bits per heavy atom. The zero-order valence-electron chi connectivity index (χ0n) is 12.2. The number of hydrogen-bond donors (Lipinski definition) is 2. The number of fused-ring (bicyclic) bond motifs is 1. The highest BCUT2D eigenvalue weighted by molar-refractivity contribution is 9.10. The van der Waals surface area contributed by atoms with Crippen LogP contribution >= 0.6 is 15.9 Å². The van der Waals surface area contributed by atoms with Gasteiger partial charge in [0.2, 0.25) is 6.41 Å². The second kappa shape index (κ2) is 6.83. The van der Waals surface area contributed by atoms with E-state index in [9.17, 15) is 9.59 Å². The molecule has 0 fully saturated rings. The van der Waals surface area contributed by atoms with Gasteiger partial charge in [0.15, 0.2) is 0 Å². The highest BCUT2D eigenvalue weighted by atomic mass is 79.9. The Balaban J connectivity index is 1.91. The van der Waals surface area contributed by atoms with E-state index >= 15 is 0 Å². The van der Waals surface area contributed by atoms with Gasteiger partial charge in [0.1, 0.15) is 11.9 Å². The van der Waals surface area contributed by atoms with Crippen LogP contribution in [0.2, 0.25) is 0 Å². The molecule has 6 heteroatoms. The molecule has 0 saturated heterocycles. The number of carbonyl (C=O) groups is 2. The molecule has 1 aliphatic rings. The molecule has 0 aromatic heterocycles. The summed E-state index contributed by atoms with van der Waals surface area (Å²) in [6.45, 7) is 0. The van der Waals surface area contributed by atoms with Crippen molar-refractivity contribution in [3.05, 3.63) is 64.1 Å². The Hall–Kier alpha value is -2.34. The van der Waals surface area contributed by atoms with Gasteiger partial charge < -0.3 is 10.1 Å². The molecular formula is C17H15BrN2O3. The minimum atomic E-state index is -0.523. The van der Waals surface area contributed by atoms with E-state index in [0.717, 1.165) is 21.3 Å². The van der Waals surface area contributed by atoms with Gasteiger partial charge in [-0.15, -0.1) is 0 Å². The molecule has 0 radical (unpaired) electrons. The van der Waals surface area contributed by atoms with Gasteiger partial charge in [-0.05, 0) is 23.8 Å². The summed E-state index contributed by atoms with van der Waals surface area (Å²) in [5.74, 6) is 0.727. The van der Waals surface area contributed by atoms with E-state index in [1.807, 2.05) is 48.5 Å². The van der Waals surface area contributed by atoms with E-state index in [1.54, 1.807) is 0 Å². The maximum atomic E-state index is 11.7. The molecule has 2 aromatic carbocycles. The second-order valence-corrected chi connectivity index (χ2v) is 6.14. The molecule has 1 heterocycles. The van der Waals surface area contributed by atoms with Gasteiger partial charge in [0.25, 0.3) is 0 Å². The molecule has 0 bridgehead atoms. The molecular weight excluding hydrogens is 360 g/mol. The fraction of sp³-hybridized carbons (Fsp3) is 0.176. The molecule has 2 unspecified atom stereocenters. The molecule has 3 amide bonds. The van der Waals surface area contributed by atoms with Crippen LogP contribution in [0.5, 0.6) is 5.75 Å². The van der Waals surface area contributed by atoms with Crippen LogP contribution < -0.4 is 15.4 Å². The zero-order chi connectivity index (χ0) is 16.2. The van der Waals surface area contributed by atoms with Crippen molar-refractivity contribution >= 4 is 28.4 Å². The summed E-state index contributed by atoms with van der Waals surface area (Å²) in [5.41, 5.74) is 1.93. The Morgan fingerprint density at radius 1 is 1.22 bits per heavy atom. The quantitative estimate of drug-likeness (QED) is 0.808. The minimum Gasteiger partial charge on any atom is -0.485 e. The summed E-state index contributed by atoms with van der Waals surface area (Å²) < 4.78 is 6.99. The van der Waals surface area contributed by atoms with Crippen molar-refractivity contribution in [1.82, 2.24) is 10.6 Å². The van der Waals surface area contributed by atoms with E-state index < -0.39 is 6.03 Å². The summed E-state index contributed by atoms with van der Waals surface area (Å²) >= 11 is 3.43. The van der Waals surface area contributed by atoms with E-state index in [1.165, 1.54) is 0 Å². The van der Waals surface area contributed by atoms with Gasteiger partial charge in [-0.1, -0.05) is 46.3 Å². The van der Waals surface area contributed by atoms with Crippen molar-refractivity contribution in [2.24, 2.45) is 0 Å². The van der Waals surface area contributed by atoms with Crippen LogP contribution in [0.3, 0.4) is 0 Å². The van der Waals surface area contributed by atoms with E-state index in [4.69, 9.17) is 4.74 Å². The third-order valence-corrected chi connectivity index (χ3v) is 4.23. The van der Waals surface area contributed by atoms with Gasteiger partial charge in [-0.25, -0.2) is 4.79 Å². The molecule has 1 aliphatic heterocycles. The number of nitrogens with one attached hydrogen (secondary N) is 2. The van der Waals surface area contributed by atoms with Crippen molar-refractivity contribution in [2.75, 3.05) is 0 Å². The number of halogens is 1. The number of benzene rings is 2. The number of amides is 3. The van der Waals surface area contributed by atoms with Crippen molar-refractivity contribution in [2.45, 2.75) is 18.6 Å². The summed E-state index contributed by atoms with van der Waals surface area (Å²) in [5, 5.41) is 4.93. The van der Waals surface area contributed by atoms with Crippen LogP contribution in [0.1, 0.15) is 29.7 Å². The number of imide groups is 1. The smallest absolute Gasteiger partial charge is 0.321 e. The molecule has 0 spiro atoms. The molecule has 5 nitrogen and oxygen atoms in total. The van der Waals surface area contributed by atoms with Gasteiger partial charge in [-0.3, -0.25) is 10.1 Å². The highest BCUT2D eigenvalue weighted by Gasteiger charge is 2.30. The van der Waals surface area contributed by atoms with Crippen LogP contribution in [-0.2, 0) is 4.79 Å². The molecule has 2 aromatic rings. The first-order valence-corrected chi connectivity index (χ1v) is 7.98. The SMILES string of the molecule is O=CNC(=O)NC1CC(c2ccccc2)Oc2ccc(Br)cc21. The zero-order valence-corrected chi connectivity index (χ0v) is 13.7. The molecule has 118 valence electrons. The first-order chi connectivity index (χ1) is 11.2. The molecule has 0 saturated carbocycles. The summed E-state index contributed by atoms with van der Waals surface area (Å²) in [6, 6.07) is 14.8. The molecule has 3 rings (SSSR count). The van der Waals surface area contributed by atoms with Crippen LogP contribution in [-0.4, -0.2) is 12.4 Å². The van der Waals surface area contributed by atoms with Crippen LogP contribution in [0, 0.1) is 0 Å². The predicted molar refractivity (Wildman–Crippen MR) is 89.0 cm³/mol. The standard InChI is InChI=1S/C17H15BrN2O3/c18-12-6-7-15-13(8-12)14(20-17(22)19-10-21)9-16(23-15)11-4-2-1-3-5-11/h1-8,10,14,16H,9H2,(H2,19,20,21,22). The average Bonchev–Trinajstić information content (AvgIpc) is 2.56. The van der Waals surface area contributed by atoms with E-state index in [-0.39, 0.29) is 12.1 Å². The Bertz CT molecular complexity index is 721. The summed E-state index contributed by atoms with van der Waals surface area (Å²) in [4.78, 5) is 22.2. The van der Waals surface area contributed by atoms with Crippen molar-refractivity contribution in [3.63, 3.8) is 0 Å². The molecule has 2 atom stereocenters. The second-order valence-electron chi connectivity index (χ2n) is 5.22. The number of carbonyl (C=O) groups excluding carboxylic acids is 2. The average molecular weight is 375 g/mol. The third-order valence-electron chi connectivity index (χ3n) is 3.73. The fourth-order valence-electron chi connectivity index (χ4n) is 2.70. The van der Waals surface area contributed by atoms with E-state index in [0.29, 0.717) is 12.8 Å². The van der Waals surface area contributed by atoms with Crippen molar-refractivity contribution in [3.8, 4) is 5.75 Å². The monoisotopic (exact) mass is 374 g/mol. The molecule has 23 heavy (non-hydrogen) atoms. The lowest BCUT2D eigenvalue weighted by Gasteiger charge is -2.33. The van der Waals surface area contributed by atoms with Gasteiger partial charge in [-0.2, -0.15) is 0 Å². The maximum absolute atomic E-state index is 11.7. The highest BCUT2D eigenvalue weighted by Crippen LogP contribution is 2.41. The minimum absolute atomic E-state index is 0.161. The normalized spacial score (nSPS) is 19.2. The summed E-state index contributed by atoms with van der Waals surface area (Å²) in [6.07, 6.45) is 0.789. The maximum Gasteiger partial charge on any atom is 0.321 e. The Morgan fingerprint density at radius 2 is 2.00 bits per heavy atom. The van der Waals surface area contributed by atoms with E-state index in [2.05, 4.69) is 26.6 Å². The summed E-state index contributed by atoms with van der Waals surface area (Å²) in [7, 11) is 0. The number of rotatable bonds is 3. The van der Waals surface area contributed by atoms with Gasteiger partial charge >= 0.3 is 6.03 Å². The van der Waals surface area contributed by atoms with Crippen molar-refractivity contribution < 1.29 is 14.3 Å². The Kier molecular flexibility index (Phi) is 4.62. The molecule has 0 aliphatic carbocycles.